The molecule has 16 aromatic rings. The van der Waals surface area contributed by atoms with E-state index >= 15 is 0 Å². The van der Waals surface area contributed by atoms with Crippen LogP contribution in [0, 0.1) is 0 Å². The summed E-state index contributed by atoms with van der Waals surface area (Å²) in [6, 6.07) is 52.2. The Labute approximate surface area is 403 Å². The molecule has 0 heterocycles. The Morgan fingerprint density at radius 1 is 0.182 bits per heavy atom. The maximum atomic E-state index is 7.31. The molecule has 0 amide bonds. The lowest BCUT2D eigenvalue weighted by atomic mass is 9.93. The first-order valence-electron chi connectivity index (χ1n) is 21.8. The molecule has 0 nitrogen and oxygen atoms in total. The Morgan fingerprint density at radius 2 is 0.424 bits per heavy atom. The third-order valence-corrected chi connectivity index (χ3v) is 16.6. The molecule has 0 N–H and O–H groups in total. The predicted octanol–water partition coefficient (Wildman–Crippen LogP) is 21.2. The summed E-state index contributed by atoms with van der Waals surface area (Å²) >= 11 is 42.7. The van der Waals surface area contributed by atoms with Crippen LogP contribution in [0.1, 0.15) is 0 Å². The average Bonchev–Trinajstić information content (AvgIpc) is 3.92. The van der Waals surface area contributed by atoms with Crippen molar-refractivity contribution in [3.63, 3.8) is 0 Å². The lowest BCUT2D eigenvalue weighted by Crippen LogP contribution is -1.84. The topological polar surface area (TPSA) is 0 Å². The van der Waals surface area contributed by atoms with Crippen molar-refractivity contribution < 1.29 is 0 Å². The van der Waals surface area contributed by atoms with Crippen molar-refractivity contribution in [3.05, 3.63) is 176 Å². The minimum absolute atomic E-state index is 0.604. The monoisotopic (exact) mass is 954 g/mol. The van der Waals surface area contributed by atoms with Gasteiger partial charge in [0.1, 0.15) is 0 Å². The minimum atomic E-state index is 0.604. The molecule has 0 fully saturated rings. The van der Waals surface area contributed by atoms with E-state index in [-0.39, 0.29) is 0 Å². The van der Waals surface area contributed by atoms with Gasteiger partial charge < -0.3 is 0 Å². The highest BCUT2D eigenvalue weighted by Crippen LogP contribution is 2.60. The van der Waals surface area contributed by atoms with Gasteiger partial charge in [0, 0.05) is 46.3 Å². The third-order valence-electron chi connectivity index (χ3n) is 15.0. The van der Waals surface area contributed by atoms with Gasteiger partial charge in [-0.05, 0) is 218 Å². The molecule has 0 aliphatic rings. The van der Waals surface area contributed by atoms with Gasteiger partial charge in [-0.1, -0.05) is 142 Å². The van der Waals surface area contributed by atoms with Crippen molar-refractivity contribution in [2.45, 2.75) is 0 Å². The van der Waals surface area contributed by atoms with Gasteiger partial charge in [0.2, 0.25) is 0 Å². The minimum Gasteiger partial charge on any atom is -0.0843 e. The van der Waals surface area contributed by atoms with Crippen LogP contribution in [0.4, 0.5) is 0 Å². The van der Waals surface area contributed by atoms with Crippen LogP contribution in [0.3, 0.4) is 0 Å². The molecule has 0 saturated carbocycles. The highest BCUT2D eigenvalue weighted by molar-refractivity contribution is 6.60. The SMILES string of the molecule is Clc1cc(Cl)c2cc3c4c(cc5ccccc5c4c2c1)c1c3c2c3cc4ccccc4c4c5cc(Cl)cc(Cl)c5cc(c34)c2c2c3cc4ccccc4c4c5cc(Cl)cc(Cl)c5cc(c34)c12. The first-order valence-corrected chi connectivity index (χ1v) is 24.1. The van der Waals surface area contributed by atoms with E-state index in [1.807, 2.05) is 18.2 Å². The average molecular weight is 958 g/mol. The quantitative estimate of drug-likeness (QED) is 0.133. The number of hydrogen-bond donors (Lipinski definition) is 0. The molecule has 6 heteroatoms. The van der Waals surface area contributed by atoms with Crippen molar-refractivity contribution in [3.8, 4) is 0 Å². The van der Waals surface area contributed by atoms with Gasteiger partial charge in [0.25, 0.3) is 0 Å². The van der Waals surface area contributed by atoms with Crippen molar-refractivity contribution in [2.75, 3.05) is 0 Å². The molecule has 0 aliphatic heterocycles. The Kier molecular flexibility index (Phi) is 7.01. The zero-order valence-corrected chi connectivity index (χ0v) is 38.7. The second-order valence-corrected chi connectivity index (χ2v) is 20.7. The van der Waals surface area contributed by atoms with Gasteiger partial charge in [-0.2, -0.15) is 0 Å². The van der Waals surface area contributed by atoms with E-state index in [1.54, 1.807) is 0 Å². The summed E-state index contributed by atoms with van der Waals surface area (Å²) in [5.74, 6) is 0. The molecule has 0 aromatic heterocycles. The first-order chi connectivity index (χ1) is 32.2. The molecule has 16 rings (SSSR count). The zero-order valence-electron chi connectivity index (χ0n) is 34.1. The summed E-state index contributed by atoms with van der Waals surface area (Å²) in [7, 11) is 0. The summed E-state index contributed by atoms with van der Waals surface area (Å²) in [4.78, 5) is 0. The summed E-state index contributed by atoms with van der Waals surface area (Å²) in [5.41, 5.74) is 0. The number of halogens is 6. The summed E-state index contributed by atoms with van der Waals surface area (Å²) in [6.07, 6.45) is 0. The molecular weight excluding hydrogens is 933 g/mol. The fraction of sp³-hybridized carbons (Fsp3) is 0. The molecule has 0 radical (unpaired) electrons. The maximum Gasteiger partial charge on any atom is 0.0499 e. The Morgan fingerprint density at radius 3 is 0.712 bits per heavy atom. The molecule has 0 aliphatic carbocycles. The van der Waals surface area contributed by atoms with Gasteiger partial charge in [0.05, 0.1) is 0 Å². The third kappa shape index (κ3) is 4.39. The normalized spacial score (nSPS) is 13.0. The number of hydrogen-bond acceptors (Lipinski definition) is 0. The molecular formula is C60H24Cl6. The van der Waals surface area contributed by atoms with E-state index in [0.717, 1.165) is 97.0 Å². The summed E-state index contributed by atoms with van der Waals surface area (Å²) in [5, 5.41) is 37.8. The standard InChI is InChI=1S/C60H24Cl6/c61-28-16-37-34(46(64)19-28)22-43-52-40(13-25-7-1-4-10-31(25)49(37)52)55-58(43)56-42-15-27-9-3-6-12-33(27)51-39-18-30(63)21-48(66)36(39)24-45(54(42)51)60(56)57-41-14-26-8-2-5-11-32(26)50-38-17-29(62)20-47(65)35(38)23-44(53(41)50)59(55)57/h1-24H. The first kappa shape index (κ1) is 37.1. The lowest BCUT2D eigenvalue weighted by molar-refractivity contribution is 1.80. The van der Waals surface area contributed by atoms with Crippen LogP contribution in [0.15, 0.2) is 146 Å². The van der Waals surface area contributed by atoms with Gasteiger partial charge in [-0.3, -0.25) is 0 Å². The van der Waals surface area contributed by atoms with E-state index in [9.17, 15) is 0 Å². The smallest absolute Gasteiger partial charge is 0.0499 e. The van der Waals surface area contributed by atoms with Gasteiger partial charge >= 0.3 is 0 Å². The second kappa shape index (κ2) is 12.5. The molecule has 66 heavy (non-hydrogen) atoms. The van der Waals surface area contributed by atoms with Crippen LogP contribution in [-0.2, 0) is 0 Å². The van der Waals surface area contributed by atoms with Crippen LogP contribution in [-0.4, -0.2) is 0 Å². The summed E-state index contributed by atoms with van der Waals surface area (Å²) in [6.45, 7) is 0. The molecule has 0 bridgehead atoms. The molecule has 0 saturated heterocycles. The number of fused-ring (bicyclic) bond motifs is 24. The second-order valence-electron chi connectivity index (χ2n) is 18.2. The fourth-order valence-corrected chi connectivity index (χ4v) is 14.4. The molecule has 0 unspecified atom stereocenters. The Bertz CT molecular complexity index is 4460. The van der Waals surface area contributed by atoms with Crippen LogP contribution in [0.2, 0.25) is 30.1 Å². The maximum absolute atomic E-state index is 7.31. The van der Waals surface area contributed by atoms with Crippen molar-refractivity contribution in [2.24, 2.45) is 0 Å². The molecule has 16 aromatic carbocycles. The van der Waals surface area contributed by atoms with E-state index in [2.05, 4.69) is 127 Å². The van der Waals surface area contributed by atoms with E-state index in [0.29, 0.717) is 30.1 Å². The van der Waals surface area contributed by atoms with Gasteiger partial charge in [0.15, 0.2) is 0 Å². The van der Waals surface area contributed by atoms with E-state index in [4.69, 9.17) is 69.6 Å². The lowest BCUT2D eigenvalue weighted by Gasteiger charge is -2.11. The van der Waals surface area contributed by atoms with Crippen molar-refractivity contribution in [1.82, 2.24) is 0 Å². The Balaban J connectivity index is 1.35. The summed E-state index contributed by atoms with van der Waals surface area (Å²) < 4.78 is 0. The van der Waals surface area contributed by atoms with Crippen molar-refractivity contribution in [1.29, 1.82) is 0 Å². The van der Waals surface area contributed by atoms with Crippen LogP contribution in [0.25, 0.3) is 162 Å². The number of rotatable bonds is 0. The van der Waals surface area contributed by atoms with Crippen LogP contribution < -0.4 is 0 Å². The van der Waals surface area contributed by atoms with E-state index in [1.165, 1.54) is 64.6 Å². The molecule has 0 atom stereocenters. The highest BCUT2D eigenvalue weighted by Gasteiger charge is 2.31. The van der Waals surface area contributed by atoms with Gasteiger partial charge in [-0.15, -0.1) is 0 Å². The molecule has 306 valence electrons. The largest absolute Gasteiger partial charge is 0.0843 e. The zero-order chi connectivity index (χ0) is 43.8. The predicted molar refractivity (Wildman–Crippen MR) is 293 cm³/mol. The van der Waals surface area contributed by atoms with Gasteiger partial charge in [-0.25, -0.2) is 0 Å². The molecule has 0 spiro atoms. The van der Waals surface area contributed by atoms with Crippen LogP contribution in [0.5, 0.6) is 0 Å². The van der Waals surface area contributed by atoms with Crippen LogP contribution >= 0.6 is 69.6 Å². The van der Waals surface area contributed by atoms with E-state index < -0.39 is 0 Å². The fourth-order valence-electron chi connectivity index (χ4n) is 12.7. The number of benzene rings is 13. The van der Waals surface area contributed by atoms with Crippen molar-refractivity contribution >= 4 is 231 Å². The highest BCUT2D eigenvalue weighted by atomic mass is 35.5. The Hall–Kier alpha value is -6.06.